The van der Waals surface area contributed by atoms with Crippen LogP contribution in [0, 0.1) is 0 Å². The fourth-order valence-corrected chi connectivity index (χ4v) is 2.18. The third-order valence-electron chi connectivity index (χ3n) is 2.74. The van der Waals surface area contributed by atoms with Crippen LogP contribution in [0.2, 0.25) is 10.0 Å². The second kappa shape index (κ2) is 6.56. The molecule has 21 heavy (non-hydrogen) atoms. The second-order valence-corrected chi connectivity index (χ2v) is 5.03. The number of aromatic nitrogens is 1. The van der Waals surface area contributed by atoms with Crippen LogP contribution in [0.3, 0.4) is 0 Å². The summed E-state index contributed by atoms with van der Waals surface area (Å²) in [5.41, 5.74) is 5.95. The lowest BCUT2D eigenvalue weighted by Gasteiger charge is -2.08. The standard InChI is InChI=1S/C14H11Cl2N3O2/c15-9-4-3-8(11(16)6-9)7-19-14(21)12-10(13(17)20)2-1-5-18-12/h1-6H,7H2,(H2,17,20)(H,19,21). The average Bonchev–Trinajstić information content (AvgIpc) is 2.46. The largest absolute Gasteiger partial charge is 0.366 e. The number of hydrogen-bond donors (Lipinski definition) is 2. The Bertz CT molecular complexity index is 704. The minimum absolute atomic E-state index is 0.0184. The molecule has 2 aromatic rings. The minimum atomic E-state index is -0.710. The maximum absolute atomic E-state index is 12.1. The highest BCUT2D eigenvalue weighted by Crippen LogP contribution is 2.20. The first-order valence-corrected chi connectivity index (χ1v) is 6.71. The fraction of sp³-hybridized carbons (Fsp3) is 0.0714. The number of nitrogens with zero attached hydrogens (tertiary/aromatic N) is 1. The number of halogens is 2. The number of pyridine rings is 1. The van der Waals surface area contributed by atoms with Gasteiger partial charge in [0.25, 0.3) is 11.8 Å². The van der Waals surface area contributed by atoms with E-state index in [1.54, 1.807) is 18.2 Å². The van der Waals surface area contributed by atoms with Gasteiger partial charge in [0.1, 0.15) is 5.69 Å². The van der Waals surface area contributed by atoms with Gasteiger partial charge in [-0.05, 0) is 29.8 Å². The first kappa shape index (κ1) is 15.3. The van der Waals surface area contributed by atoms with Crippen molar-refractivity contribution >= 4 is 35.0 Å². The number of rotatable bonds is 4. The van der Waals surface area contributed by atoms with E-state index in [9.17, 15) is 9.59 Å². The number of carbonyl (C=O) groups is 2. The van der Waals surface area contributed by atoms with Gasteiger partial charge in [-0.3, -0.25) is 14.6 Å². The van der Waals surface area contributed by atoms with Crippen LogP contribution in [0.4, 0.5) is 0 Å². The maximum atomic E-state index is 12.1. The number of hydrogen-bond acceptors (Lipinski definition) is 3. The Kier molecular flexibility index (Phi) is 4.77. The van der Waals surface area contributed by atoms with Gasteiger partial charge in [-0.1, -0.05) is 29.3 Å². The fourth-order valence-electron chi connectivity index (χ4n) is 1.71. The molecule has 0 aliphatic heterocycles. The van der Waals surface area contributed by atoms with Crippen LogP contribution in [-0.4, -0.2) is 16.8 Å². The van der Waals surface area contributed by atoms with Gasteiger partial charge in [0.2, 0.25) is 0 Å². The highest BCUT2D eigenvalue weighted by Gasteiger charge is 2.16. The molecule has 0 radical (unpaired) electrons. The molecule has 1 heterocycles. The Hall–Kier alpha value is -2.11. The number of carbonyl (C=O) groups excluding carboxylic acids is 2. The molecule has 5 nitrogen and oxygen atoms in total. The van der Waals surface area contributed by atoms with Gasteiger partial charge in [-0.25, -0.2) is 0 Å². The van der Waals surface area contributed by atoms with Crippen molar-refractivity contribution in [3.8, 4) is 0 Å². The van der Waals surface area contributed by atoms with Gasteiger partial charge in [0.05, 0.1) is 5.56 Å². The van der Waals surface area contributed by atoms with Crippen molar-refractivity contribution in [2.24, 2.45) is 5.73 Å². The maximum Gasteiger partial charge on any atom is 0.270 e. The highest BCUT2D eigenvalue weighted by molar-refractivity contribution is 6.35. The third-order valence-corrected chi connectivity index (χ3v) is 3.33. The predicted octanol–water partition coefficient (Wildman–Crippen LogP) is 2.42. The number of amides is 2. The first-order valence-electron chi connectivity index (χ1n) is 5.96. The van der Waals surface area contributed by atoms with Crippen LogP contribution in [0.15, 0.2) is 36.5 Å². The molecule has 2 amide bonds. The van der Waals surface area contributed by atoms with Crippen LogP contribution in [0.1, 0.15) is 26.4 Å². The van der Waals surface area contributed by atoms with E-state index in [0.29, 0.717) is 15.6 Å². The number of nitrogens with one attached hydrogen (secondary N) is 1. The van der Waals surface area contributed by atoms with E-state index < -0.39 is 11.8 Å². The van der Waals surface area contributed by atoms with Gasteiger partial charge in [-0.15, -0.1) is 0 Å². The molecular weight excluding hydrogens is 313 g/mol. The van der Waals surface area contributed by atoms with Crippen LogP contribution in [0.25, 0.3) is 0 Å². The van der Waals surface area contributed by atoms with E-state index in [4.69, 9.17) is 28.9 Å². The monoisotopic (exact) mass is 323 g/mol. The van der Waals surface area contributed by atoms with Crippen molar-refractivity contribution in [1.82, 2.24) is 10.3 Å². The Morgan fingerprint density at radius 3 is 2.67 bits per heavy atom. The molecule has 108 valence electrons. The lowest BCUT2D eigenvalue weighted by atomic mass is 10.1. The van der Waals surface area contributed by atoms with Gasteiger partial charge < -0.3 is 11.1 Å². The molecule has 0 bridgehead atoms. The first-order chi connectivity index (χ1) is 9.99. The molecule has 2 rings (SSSR count). The number of primary amides is 1. The zero-order valence-electron chi connectivity index (χ0n) is 10.8. The molecule has 3 N–H and O–H groups in total. The van der Waals surface area contributed by atoms with Crippen molar-refractivity contribution in [3.05, 3.63) is 63.4 Å². The Balaban J connectivity index is 2.14. The van der Waals surface area contributed by atoms with Crippen LogP contribution in [-0.2, 0) is 6.54 Å². The van der Waals surface area contributed by atoms with Crippen LogP contribution >= 0.6 is 23.2 Å². The number of nitrogens with two attached hydrogens (primary N) is 1. The van der Waals surface area contributed by atoms with Crippen LogP contribution in [0.5, 0.6) is 0 Å². The SMILES string of the molecule is NC(=O)c1cccnc1C(=O)NCc1ccc(Cl)cc1Cl. The molecular formula is C14H11Cl2N3O2. The normalized spacial score (nSPS) is 10.2. The molecule has 0 spiro atoms. The summed E-state index contributed by atoms with van der Waals surface area (Å²) in [6.45, 7) is 0.184. The van der Waals surface area contributed by atoms with Gasteiger partial charge in [0.15, 0.2) is 0 Å². The van der Waals surface area contributed by atoms with Crippen molar-refractivity contribution < 1.29 is 9.59 Å². The van der Waals surface area contributed by atoms with E-state index in [1.165, 1.54) is 18.3 Å². The van der Waals surface area contributed by atoms with Crippen molar-refractivity contribution in [2.45, 2.75) is 6.54 Å². The Morgan fingerprint density at radius 2 is 2.00 bits per heavy atom. The van der Waals surface area contributed by atoms with E-state index in [2.05, 4.69) is 10.3 Å². The quantitative estimate of drug-likeness (QED) is 0.906. The van der Waals surface area contributed by atoms with Gasteiger partial charge in [-0.2, -0.15) is 0 Å². The summed E-state index contributed by atoms with van der Waals surface area (Å²) in [5, 5.41) is 3.59. The second-order valence-electron chi connectivity index (χ2n) is 4.18. The Labute approximate surface area is 131 Å². The van der Waals surface area contributed by atoms with Crippen molar-refractivity contribution in [2.75, 3.05) is 0 Å². The molecule has 1 aromatic carbocycles. The molecule has 0 saturated carbocycles. The summed E-state index contributed by atoms with van der Waals surface area (Å²) in [7, 11) is 0. The van der Waals surface area contributed by atoms with Crippen molar-refractivity contribution in [1.29, 1.82) is 0 Å². The summed E-state index contributed by atoms with van der Waals surface area (Å²) >= 11 is 11.8. The zero-order chi connectivity index (χ0) is 15.4. The molecule has 7 heteroatoms. The third kappa shape index (κ3) is 3.71. The molecule has 0 saturated heterocycles. The molecule has 0 aliphatic rings. The zero-order valence-corrected chi connectivity index (χ0v) is 12.3. The summed E-state index contributed by atoms with van der Waals surface area (Å²) in [6, 6.07) is 7.94. The van der Waals surface area contributed by atoms with E-state index in [-0.39, 0.29) is 17.8 Å². The molecule has 1 aromatic heterocycles. The van der Waals surface area contributed by atoms with E-state index in [0.717, 1.165) is 0 Å². The number of benzene rings is 1. The predicted molar refractivity (Wildman–Crippen MR) is 80.4 cm³/mol. The topological polar surface area (TPSA) is 85.1 Å². The summed E-state index contributed by atoms with van der Waals surface area (Å²) in [5.74, 6) is -1.21. The van der Waals surface area contributed by atoms with E-state index >= 15 is 0 Å². The summed E-state index contributed by atoms with van der Waals surface area (Å²) < 4.78 is 0. The Morgan fingerprint density at radius 1 is 1.24 bits per heavy atom. The molecule has 0 fully saturated rings. The van der Waals surface area contributed by atoms with E-state index in [1.807, 2.05) is 0 Å². The highest BCUT2D eigenvalue weighted by atomic mass is 35.5. The van der Waals surface area contributed by atoms with Gasteiger partial charge >= 0.3 is 0 Å². The molecule has 0 aliphatic carbocycles. The van der Waals surface area contributed by atoms with Crippen molar-refractivity contribution in [3.63, 3.8) is 0 Å². The smallest absolute Gasteiger partial charge is 0.270 e. The minimum Gasteiger partial charge on any atom is -0.366 e. The average molecular weight is 324 g/mol. The van der Waals surface area contributed by atoms with Gasteiger partial charge in [0, 0.05) is 22.8 Å². The summed E-state index contributed by atoms with van der Waals surface area (Å²) in [6.07, 6.45) is 1.41. The lowest BCUT2D eigenvalue weighted by molar-refractivity contribution is 0.0929. The molecule has 0 unspecified atom stereocenters. The lowest BCUT2D eigenvalue weighted by Crippen LogP contribution is -2.27. The molecule has 0 atom stereocenters. The summed E-state index contributed by atoms with van der Waals surface area (Å²) in [4.78, 5) is 27.2. The van der Waals surface area contributed by atoms with Crippen LogP contribution < -0.4 is 11.1 Å².